The fraction of sp³-hybridized carbons (Fsp3) is 0.455. The number of hydrogen-bond donors (Lipinski definition) is 0. The smallest absolute Gasteiger partial charge is 0.102 e. The molecule has 0 radical (unpaired) electrons. The van der Waals surface area contributed by atoms with Crippen LogP contribution in [0.3, 0.4) is 0 Å². The summed E-state index contributed by atoms with van der Waals surface area (Å²) in [6.07, 6.45) is 0. The number of nitrogens with zero attached hydrogens (tertiary/aromatic N) is 1. The van der Waals surface area contributed by atoms with E-state index in [-0.39, 0.29) is 11.0 Å². The molecule has 2 unspecified atom stereocenters. The Morgan fingerprint density at radius 3 is 2.14 bits per heavy atom. The van der Waals surface area contributed by atoms with Gasteiger partial charge in [-0.05, 0) is 38.5 Å². The molecule has 0 saturated carbocycles. The lowest BCUT2D eigenvalue weighted by Crippen LogP contribution is -2.34. The van der Waals surface area contributed by atoms with E-state index >= 15 is 0 Å². The Hall–Kier alpha value is -0.400. The topological polar surface area (TPSA) is 3.24 Å². The molecular formula is C11H15Cl2N. The van der Waals surface area contributed by atoms with Crippen LogP contribution >= 0.6 is 23.2 Å². The van der Waals surface area contributed by atoms with Crippen molar-refractivity contribution in [1.29, 1.82) is 0 Å². The average molecular weight is 232 g/mol. The fourth-order valence-corrected chi connectivity index (χ4v) is 2.10. The molecule has 0 spiro atoms. The van der Waals surface area contributed by atoms with Crippen LogP contribution in [-0.4, -0.2) is 11.0 Å². The standard InChI is InChI=1S/C11H15Cl2N/c1-8-5-4-6-11(7-8)14(9(2)12)10(3)13/h4-7,9-10H,1-3H3. The second-order valence-corrected chi connectivity index (χ2v) is 4.66. The molecule has 0 aliphatic carbocycles. The van der Waals surface area contributed by atoms with Crippen molar-refractivity contribution in [2.75, 3.05) is 4.90 Å². The van der Waals surface area contributed by atoms with Crippen LogP contribution in [0, 0.1) is 6.92 Å². The minimum absolute atomic E-state index is 0.107. The summed E-state index contributed by atoms with van der Waals surface area (Å²) in [6, 6.07) is 8.16. The van der Waals surface area contributed by atoms with Crippen LogP contribution in [-0.2, 0) is 0 Å². The van der Waals surface area contributed by atoms with Crippen molar-refractivity contribution >= 4 is 28.9 Å². The molecular weight excluding hydrogens is 217 g/mol. The van der Waals surface area contributed by atoms with E-state index in [9.17, 15) is 0 Å². The molecule has 0 fully saturated rings. The van der Waals surface area contributed by atoms with Crippen molar-refractivity contribution in [3.63, 3.8) is 0 Å². The lowest BCUT2D eigenvalue weighted by Gasteiger charge is -2.30. The van der Waals surface area contributed by atoms with Crippen molar-refractivity contribution in [3.05, 3.63) is 29.8 Å². The van der Waals surface area contributed by atoms with Crippen LogP contribution in [0.25, 0.3) is 0 Å². The molecule has 0 heterocycles. The second kappa shape index (κ2) is 4.90. The number of hydrogen-bond acceptors (Lipinski definition) is 1. The summed E-state index contributed by atoms with van der Waals surface area (Å²) < 4.78 is 0. The highest BCUT2D eigenvalue weighted by atomic mass is 35.5. The molecule has 0 amide bonds. The van der Waals surface area contributed by atoms with Gasteiger partial charge in [0, 0.05) is 5.69 Å². The number of anilines is 1. The summed E-state index contributed by atoms with van der Waals surface area (Å²) in [7, 11) is 0. The van der Waals surface area contributed by atoms with E-state index in [1.807, 2.05) is 30.9 Å². The number of halogens is 2. The molecule has 0 saturated heterocycles. The van der Waals surface area contributed by atoms with Crippen LogP contribution in [0.1, 0.15) is 19.4 Å². The molecule has 78 valence electrons. The van der Waals surface area contributed by atoms with E-state index in [4.69, 9.17) is 23.2 Å². The van der Waals surface area contributed by atoms with Gasteiger partial charge in [0.05, 0.1) is 0 Å². The van der Waals surface area contributed by atoms with E-state index in [0.29, 0.717) is 0 Å². The first-order valence-corrected chi connectivity index (χ1v) is 5.53. The Labute approximate surface area is 95.6 Å². The quantitative estimate of drug-likeness (QED) is 0.563. The maximum atomic E-state index is 6.07. The van der Waals surface area contributed by atoms with Gasteiger partial charge in [-0.25, -0.2) is 0 Å². The summed E-state index contributed by atoms with van der Waals surface area (Å²) in [5.74, 6) is 0. The van der Waals surface area contributed by atoms with E-state index in [0.717, 1.165) is 5.69 Å². The lowest BCUT2D eigenvalue weighted by atomic mass is 10.2. The SMILES string of the molecule is Cc1cccc(N(C(C)Cl)C(C)Cl)c1. The molecule has 0 bridgehead atoms. The number of benzene rings is 1. The average Bonchev–Trinajstić information content (AvgIpc) is 2.02. The monoisotopic (exact) mass is 231 g/mol. The second-order valence-electron chi connectivity index (χ2n) is 3.39. The third kappa shape index (κ3) is 2.79. The first-order valence-electron chi connectivity index (χ1n) is 4.65. The molecule has 14 heavy (non-hydrogen) atoms. The molecule has 2 atom stereocenters. The molecule has 1 rings (SSSR count). The Morgan fingerprint density at radius 2 is 1.71 bits per heavy atom. The largest absolute Gasteiger partial charge is 0.339 e. The summed E-state index contributed by atoms with van der Waals surface area (Å²) in [4.78, 5) is 1.97. The molecule has 0 aliphatic rings. The van der Waals surface area contributed by atoms with Crippen LogP contribution in [0.2, 0.25) is 0 Å². The summed E-state index contributed by atoms with van der Waals surface area (Å²) in [6.45, 7) is 5.89. The van der Waals surface area contributed by atoms with Gasteiger partial charge in [0.1, 0.15) is 11.0 Å². The third-order valence-corrected chi connectivity index (χ3v) is 2.49. The van der Waals surface area contributed by atoms with Crippen LogP contribution in [0.4, 0.5) is 5.69 Å². The number of alkyl halides is 2. The zero-order valence-electron chi connectivity index (χ0n) is 8.67. The molecule has 1 aromatic carbocycles. The number of aryl methyl sites for hydroxylation is 1. The van der Waals surface area contributed by atoms with Gasteiger partial charge in [-0.1, -0.05) is 35.3 Å². The van der Waals surface area contributed by atoms with Gasteiger partial charge in [0.25, 0.3) is 0 Å². The van der Waals surface area contributed by atoms with Gasteiger partial charge in [0.2, 0.25) is 0 Å². The Balaban J connectivity index is 2.99. The van der Waals surface area contributed by atoms with Gasteiger partial charge in [0.15, 0.2) is 0 Å². The highest BCUT2D eigenvalue weighted by Crippen LogP contribution is 2.24. The zero-order chi connectivity index (χ0) is 10.7. The first-order chi connectivity index (χ1) is 6.52. The third-order valence-electron chi connectivity index (χ3n) is 2.07. The normalized spacial score (nSPS) is 14.9. The van der Waals surface area contributed by atoms with Gasteiger partial charge in [-0.2, -0.15) is 0 Å². The van der Waals surface area contributed by atoms with Crippen molar-refractivity contribution < 1.29 is 0 Å². The maximum Gasteiger partial charge on any atom is 0.102 e. The van der Waals surface area contributed by atoms with Crippen molar-refractivity contribution in [3.8, 4) is 0 Å². The highest BCUT2D eigenvalue weighted by molar-refractivity contribution is 6.25. The van der Waals surface area contributed by atoms with E-state index < -0.39 is 0 Å². The maximum absolute atomic E-state index is 6.07. The fourth-order valence-electron chi connectivity index (χ4n) is 1.48. The summed E-state index contributed by atoms with van der Waals surface area (Å²) in [5, 5.41) is 0. The van der Waals surface area contributed by atoms with E-state index in [1.165, 1.54) is 5.56 Å². The van der Waals surface area contributed by atoms with Crippen molar-refractivity contribution in [1.82, 2.24) is 0 Å². The molecule has 1 aromatic rings. The Kier molecular flexibility index (Phi) is 4.09. The predicted molar refractivity (Wildman–Crippen MR) is 64.3 cm³/mol. The van der Waals surface area contributed by atoms with Gasteiger partial charge < -0.3 is 4.90 Å². The minimum Gasteiger partial charge on any atom is -0.339 e. The molecule has 0 N–H and O–H groups in total. The lowest BCUT2D eigenvalue weighted by molar-refractivity contribution is 0.769. The summed E-state index contributed by atoms with van der Waals surface area (Å²) in [5.41, 5.74) is 2.06. The van der Waals surface area contributed by atoms with Crippen molar-refractivity contribution in [2.24, 2.45) is 0 Å². The molecule has 3 heteroatoms. The van der Waals surface area contributed by atoms with Crippen LogP contribution in [0.15, 0.2) is 24.3 Å². The van der Waals surface area contributed by atoms with E-state index in [1.54, 1.807) is 0 Å². The van der Waals surface area contributed by atoms with Crippen LogP contribution in [0.5, 0.6) is 0 Å². The van der Waals surface area contributed by atoms with Crippen molar-refractivity contribution in [2.45, 2.75) is 31.8 Å². The first kappa shape index (κ1) is 11.7. The Bertz CT molecular complexity index is 289. The predicted octanol–water partition coefficient (Wildman–Crippen LogP) is 3.97. The van der Waals surface area contributed by atoms with Crippen LogP contribution < -0.4 is 4.90 Å². The molecule has 0 aliphatic heterocycles. The number of rotatable bonds is 3. The molecule has 1 nitrogen and oxygen atoms in total. The minimum atomic E-state index is -0.107. The zero-order valence-corrected chi connectivity index (χ0v) is 10.2. The van der Waals surface area contributed by atoms with Gasteiger partial charge in [-0.15, -0.1) is 0 Å². The molecule has 0 aromatic heterocycles. The summed E-state index contributed by atoms with van der Waals surface area (Å²) >= 11 is 12.1. The Morgan fingerprint density at radius 1 is 1.14 bits per heavy atom. The highest BCUT2D eigenvalue weighted by Gasteiger charge is 2.16. The van der Waals surface area contributed by atoms with Gasteiger partial charge >= 0.3 is 0 Å². The van der Waals surface area contributed by atoms with Gasteiger partial charge in [-0.3, -0.25) is 0 Å². The van der Waals surface area contributed by atoms with E-state index in [2.05, 4.69) is 19.1 Å².